The Balaban J connectivity index is 2.56. The maximum atomic E-state index is 13.5. The van der Waals surface area contributed by atoms with Gasteiger partial charge in [0.15, 0.2) is 29.6 Å². The second kappa shape index (κ2) is 5.41. The Morgan fingerprint density at radius 2 is 1.70 bits per heavy atom. The van der Waals surface area contributed by atoms with Crippen LogP contribution in [0.25, 0.3) is 0 Å². The molecule has 0 amide bonds. The zero-order valence-electron chi connectivity index (χ0n) is 9.42. The number of benzene rings is 1. The van der Waals surface area contributed by atoms with Crippen LogP contribution in [0.1, 0.15) is 10.4 Å². The summed E-state index contributed by atoms with van der Waals surface area (Å²) in [6.45, 7) is 0. The van der Waals surface area contributed by atoms with Crippen molar-refractivity contribution in [2.45, 2.75) is 0 Å². The van der Waals surface area contributed by atoms with E-state index in [-0.39, 0.29) is 28.9 Å². The molecule has 1 N–H and O–H groups in total. The summed E-state index contributed by atoms with van der Waals surface area (Å²) in [5, 5.41) is 1.70. The highest BCUT2D eigenvalue weighted by Gasteiger charge is 2.21. The minimum Gasteiger partial charge on any atom is -0.335 e. The summed E-state index contributed by atoms with van der Waals surface area (Å²) in [4.78, 5) is 17.8. The molecule has 1 aromatic heterocycles. The first-order valence-corrected chi connectivity index (χ1v) is 5.39. The summed E-state index contributed by atoms with van der Waals surface area (Å²) in [5.74, 6) is -6.90. The van der Waals surface area contributed by atoms with Gasteiger partial charge in [0.25, 0.3) is 0 Å². The number of aldehydes is 1. The van der Waals surface area contributed by atoms with Crippen LogP contribution in [-0.2, 0) is 0 Å². The summed E-state index contributed by atoms with van der Waals surface area (Å²) >= 11 is 5.58. The Labute approximate surface area is 114 Å². The van der Waals surface area contributed by atoms with Crippen molar-refractivity contribution in [2.75, 3.05) is 5.32 Å². The lowest BCUT2D eigenvalue weighted by Gasteiger charge is -2.10. The van der Waals surface area contributed by atoms with Crippen LogP contribution in [0.5, 0.6) is 0 Å². The molecule has 2 rings (SSSR count). The predicted molar refractivity (Wildman–Crippen MR) is 62.0 cm³/mol. The van der Waals surface area contributed by atoms with Crippen LogP contribution in [0.15, 0.2) is 12.4 Å². The van der Waals surface area contributed by atoms with E-state index in [9.17, 15) is 22.4 Å². The maximum Gasteiger partial charge on any atom is 0.185 e. The van der Waals surface area contributed by atoms with E-state index in [2.05, 4.69) is 9.97 Å². The fourth-order valence-corrected chi connectivity index (χ4v) is 1.56. The molecule has 9 heteroatoms. The van der Waals surface area contributed by atoms with Crippen molar-refractivity contribution < 1.29 is 22.4 Å². The van der Waals surface area contributed by atoms with E-state index in [0.29, 0.717) is 0 Å². The van der Waals surface area contributed by atoms with Crippen molar-refractivity contribution in [1.29, 1.82) is 0 Å². The minimum absolute atomic E-state index is 0.0590. The highest BCUT2D eigenvalue weighted by Crippen LogP contribution is 2.28. The first kappa shape index (κ1) is 14.2. The van der Waals surface area contributed by atoms with Crippen LogP contribution in [0, 0.1) is 23.3 Å². The third-order valence-corrected chi connectivity index (χ3v) is 2.61. The number of carbonyl (C=O) groups excluding carboxylic acids is 1. The van der Waals surface area contributed by atoms with Crippen LogP contribution < -0.4 is 5.32 Å². The van der Waals surface area contributed by atoms with Gasteiger partial charge in [-0.3, -0.25) is 4.79 Å². The molecule has 1 heterocycles. The quantitative estimate of drug-likeness (QED) is 0.409. The lowest BCUT2D eigenvalue weighted by Crippen LogP contribution is -2.06. The molecule has 0 unspecified atom stereocenters. The Kier molecular flexibility index (Phi) is 3.84. The molecule has 4 nitrogen and oxygen atoms in total. The lowest BCUT2D eigenvalue weighted by atomic mass is 10.2. The number of carbonyl (C=O) groups is 1. The number of aromatic nitrogens is 2. The highest BCUT2D eigenvalue weighted by atomic mass is 35.5. The van der Waals surface area contributed by atoms with Crippen molar-refractivity contribution in [3.05, 3.63) is 46.4 Å². The molecular formula is C11H4ClF4N3O. The van der Waals surface area contributed by atoms with Gasteiger partial charge in [0.1, 0.15) is 23.0 Å². The van der Waals surface area contributed by atoms with Gasteiger partial charge >= 0.3 is 0 Å². The lowest BCUT2D eigenvalue weighted by molar-refractivity contribution is 0.112. The van der Waals surface area contributed by atoms with Gasteiger partial charge in [0.2, 0.25) is 0 Å². The molecule has 0 aliphatic carbocycles. The first-order valence-electron chi connectivity index (χ1n) is 5.01. The summed E-state index contributed by atoms with van der Waals surface area (Å²) in [6, 6.07) is 0.0590. The van der Waals surface area contributed by atoms with E-state index in [4.69, 9.17) is 11.6 Å². The normalized spacial score (nSPS) is 10.4. The molecule has 0 saturated heterocycles. The van der Waals surface area contributed by atoms with Gasteiger partial charge in [0.05, 0.1) is 5.56 Å². The molecular weight excluding hydrogens is 302 g/mol. The zero-order chi connectivity index (χ0) is 14.9. The zero-order valence-corrected chi connectivity index (χ0v) is 10.2. The molecule has 0 aliphatic rings. The largest absolute Gasteiger partial charge is 0.335 e. The monoisotopic (exact) mass is 305 g/mol. The number of halogens is 5. The number of nitrogens with zero attached hydrogens (tertiary/aromatic N) is 2. The van der Waals surface area contributed by atoms with Crippen LogP contribution in [0.3, 0.4) is 0 Å². The topological polar surface area (TPSA) is 54.9 Å². The Bertz CT molecular complexity index is 670. The molecule has 0 atom stereocenters. The Morgan fingerprint density at radius 3 is 2.25 bits per heavy atom. The molecule has 0 bridgehead atoms. The van der Waals surface area contributed by atoms with Gasteiger partial charge in [-0.05, 0) is 0 Å². The number of rotatable bonds is 3. The van der Waals surface area contributed by atoms with Crippen LogP contribution in [-0.4, -0.2) is 16.3 Å². The van der Waals surface area contributed by atoms with Crippen molar-refractivity contribution in [3.63, 3.8) is 0 Å². The minimum atomic E-state index is -1.66. The van der Waals surface area contributed by atoms with Gasteiger partial charge in [-0.2, -0.15) is 0 Å². The number of hydrogen-bond donors (Lipinski definition) is 1. The van der Waals surface area contributed by atoms with Crippen molar-refractivity contribution >= 4 is 29.4 Å². The number of hydrogen-bond acceptors (Lipinski definition) is 4. The van der Waals surface area contributed by atoms with Gasteiger partial charge < -0.3 is 5.32 Å². The van der Waals surface area contributed by atoms with Crippen LogP contribution in [0.4, 0.5) is 29.1 Å². The molecule has 20 heavy (non-hydrogen) atoms. The van der Waals surface area contributed by atoms with E-state index in [1.54, 1.807) is 0 Å². The van der Waals surface area contributed by atoms with E-state index in [1.807, 2.05) is 5.32 Å². The van der Waals surface area contributed by atoms with Gasteiger partial charge in [-0.25, -0.2) is 27.5 Å². The smallest absolute Gasteiger partial charge is 0.185 e. The predicted octanol–water partition coefficient (Wildman–Crippen LogP) is 3.24. The molecule has 104 valence electrons. The Morgan fingerprint density at radius 1 is 1.10 bits per heavy atom. The second-order valence-electron chi connectivity index (χ2n) is 3.51. The van der Waals surface area contributed by atoms with Gasteiger partial charge in [-0.1, -0.05) is 11.6 Å². The molecule has 0 fully saturated rings. The van der Waals surface area contributed by atoms with Gasteiger partial charge in [-0.15, -0.1) is 0 Å². The first-order chi connectivity index (χ1) is 9.45. The average Bonchev–Trinajstić information content (AvgIpc) is 2.41. The third-order valence-electron chi connectivity index (χ3n) is 2.31. The fourth-order valence-electron chi connectivity index (χ4n) is 1.38. The van der Waals surface area contributed by atoms with Gasteiger partial charge in [0, 0.05) is 6.07 Å². The highest BCUT2D eigenvalue weighted by molar-refractivity contribution is 6.32. The van der Waals surface area contributed by atoms with Crippen molar-refractivity contribution in [1.82, 2.24) is 9.97 Å². The fraction of sp³-hybridized carbons (Fsp3) is 0. The summed E-state index contributed by atoms with van der Waals surface area (Å²) in [7, 11) is 0. The van der Waals surface area contributed by atoms with E-state index < -0.39 is 29.0 Å². The number of anilines is 2. The standard InChI is InChI=1S/C11H4ClF4N3O/c12-10-4(2-20)11(18-3-17-10)19-9-7(15)5(13)1-6(14)8(9)16/h1-3H,(H,17,18,19). The summed E-state index contributed by atoms with van der Waals surface area (Å²) in [6.07, 6.45) is 1.14. The average molecular weight is 306 g/mol. The maximum absolute atomic E-state index is 13.5. The molecule has 1 aromatic carbocycles. The van der Waals surface area contributed by atoms with E-state index in [1.165, 1.54) is 0 Å². The second-order valence-corrected chi connectivity index (χ2v) is 3.87. The Hall–Kier alpha value is -2.22. The van der Waals surface area contributed by atoms with Crippen LogP contribution >= 0.6 is 11.6 Å². The van der Waals surface area contributed by atoms with E-state index in [0.717, 1.165) is 6.33 Å². The van der Waals surface area contributed by atoms with Crippen LogP contribution in [0.2, 0.25) is 5.15 Å². The van der Waals surface area contributed by atoms with Crippen molar-refractivity contribution in [3.8, 4) is 0 Å². The SMILES string of the molecule is O=Cc1c(Cl)ncnc1Nc1c(F)c(F)cc(F)c1F. The van der Waals surface area contributed by atoms with E-state index >= 15 is 0 Å². The number of nitrogens with one attached hydrogen (secondary N) is 1. The molecule has 0 saturated carbocycles. The van der Waals surface area contributed by atoms with Crippen molar-refractivity contribution in [2.24, 2.45) is 0 Å². The molecule has 0 aliphatic heterocycles. The third kappa shape index (κ3) is 2.42. The molecule has 0 spiro atoms. The molecule has 2 aromatic rings. The summed E-state index contributed by atoms with van der Waals surface area (Å²) in [5.41, 5.74) is -1.43. The molecule has 0 radical (unpaired) electrons. The summed E-state index contributed by atoms with van der Waals surface area (Å²) < 4.78 is 53.0.